The number of ether oxygens (including phenoxy) is 3. The van der Waals surface area contributed by atoms with Gasteiger partial charge in [0.25, 0.3) is 0 Å². The second kappa shape index (κ2) is 11.9. The lowest BCUT2D eigenvalue weighted by atomic mass is 9.95. The van der Waals surface area contributed by atoms with E-state index in [0.717, 1.165) is 11.1 Å². The largest absolute Gasteiger partial charge is 0.493 e. The third-order valence-electron chi connectivity index (χ3n) is 6.72. The molecule has 3 aromatic carbocycles. The Morgan fingerprint density at radius 3 is 2.31 bits per heavy atom. The summed E-state index contributed by atoms with van der Waals surface area (Å²) in [6.45, 7) is 3.14. The van der Waals surface area contributed by atoms with Gasteiger partial charge in [0.1, 0.15) is 6.04 Å². The molecule has 1 aliphatic rings. The zero-order valence-electron chi connectivity index (χ0n) is 22.7. The van der Waals surface area contributed by atoms with E-state index in [2.05, 4.69) is 16.0 Å². The molecular weight excluding hydrogens is 498 g/mol. The van der Waals surface area contributed by atoms with Crippen molar-refractivity contribution in [1.29, 1.82) is 0 Å². The van der Waals surface area contributed by atoms with Crippen molar-refractivity contribution in [3.63, 3.8) is 0 Å². The average Bonchev–Trinajstić information content (AvgIpc) is 3.16. The Morgan fingerprint density at radius 2 is 1.67 bits per heavy atom. The van der Waals surface area contributed by atoms with Gasteiger partial charge in [-0.25, -0.2) is 0 Å². The molecule has 0 spiro atoms. The standard InChI is InChI=1S/C30H33N3O6/c1-17(30(36)33-20-9-7-6-8-10-20)31-24-14-12-21-22(16-25(24)35)23(32-18(2)34)13-11-19-15-26(37-3)28(38-4)29(39-5)27(19)21/h6-10,12,14-17,23H,11,13H2,1-5H3,(H,31,35)(H,32,34)(H,33,36)/t17-,23+/m0/s1. The molecule has 2 atom stereocenters. The number of hydrogen-bond donors (Lipinski definition) is 3. The molecule has 0 heterocycles. The van der Waals surface area contributed by atoms with Crippen LogP contribution in [-0.2, 0) is 16.0 Å². The smallest absolute Gasteiger partial charge is 0.246 e. The topological polar surface area (TPSA) is 115 Å². The van der Waals surface area contributed by atoms with Gasteiger partial charge in [-0.3, -0.25) is 14.4 Å². The number of methoxy groups -OCH3 is 3. The molecule has 0 aliphatic heterocycles. The number of anilines is 2. The van der Waals surface area contributed by atoms with E-state index in [9.17, 15) is 14.4 Å². The highest BCUT2D eigenvalue weighted by molar-refractivity contribution is 5.96. The first kappa shape index (κ1) is 27.5. The quantitative estimate of drug-likeness (QED) is 0.397. The summed E-state index contributed by atoms with van der Waals surface area (Å²) in [6.07, 6.45) is 1.16. The van der Waals surface area contributed by atoms with Gasteiger partial charge in [0, 0.05) is 18.2 Å². The number of hydrogen-bond acceptors (Lipinski definition) is 7. The van der Waals surface area contributed by atoms with Crippen LogP contribution in [0.15, 0.2) is 59.4 Å². The van der Waals surface area contributed by atoms with E-state index in [1.807, 2.05) is 30.3 Å². The fourth-order valence-electron chi connectivity index (χ4n) is 4.90. The SMILES string of the molecule is COc1cc2c(c(OC)c1OC)-c1ccc(N[C@@H](C)C(=O)Nc3ccccc3)c(=O)cc1[C@H](NC(C)=O)CC2. The highest BCUT2D eigenvalue weighted by atomic mass is 16.5. The highest BCUT2D eigenvalue weighted by Gasteiger charge is 2.29. The van der Waals surface area contributed by atoms with Crippen LogP contribution in [0.1, 0.15) is 37.4 Å². The molecule has 0 radical (unpaired) electrons. The summed E-state index contributed by atoms with van der Waals surface area (Å²) in [5, 5.41) is 8.88. The van der Waals surface area contributed by atoms with Crippen molar-refractivity contribution in [2.24, 2.45) is 0 Å². The van der Waals surface area contributed by atoms with Crippen molar-refractivity contribution in [1.82, 2.24) is 5.32 Å². The maximum Gasteiger partial charge on any atom is 0.246 e. The number of fused-ring (bicyclic) bond motifs is 3. The Hall–Kier alpha value is -4.53. The van der Waals surface area contributed by atoms with E-state index in [-0.39, 0.29) is 22.9 Å². The Labute approximate surface area is 227 Å². The third kappa shape index (κ3) is 5.82. The van der Waals surface area contributed by atoms with Crippen molar-refractivity contribution < 1.29 is 23.8 Å². The van der Waals surface area contributed by atoms with Gasteiger partial charge in [0.2, 0.25) is 23.0 Å². The second-order valence-electron chi connectivity index (χ2n) is 9.32. The van der Waals surface area contributed by atoms with E-state index in [4.69, 9.17) is 14.2 Å². The van der Waals surface area contributed by atoms with Gasteiger partial charge in [0.15, 0.2) is 11.5 Å². The van der Waals surface area contributed by atoms with E-state index in [1.165, 1.54) is 20.1 Å². The number of nitrogens with one attached hydrogen (secondary N) is 3. The number of rotatable bonds is 8. The van der Waals surface area contributed by atoms with Gasteiger partial charge in [-0.05, 0) is 66.8 Å². The number of carbonyl (C=O) groups is 2. The van der Waals surface area contributed by atoms with Crippen LogP contribution in [0, 0.1) is 0 Å². The molecule has 204 valence electrons. The van der Waals surface area contributed by atoms with Gasteiger partial charge in [0.05, 0.1) is 33.1 Å². The van der Waals surface area contributed by atoms with Crippen LogP contribution in [0.2, 0.25) is 0 Å². The molecule has 3 aromatic rings. The van der Waals surface area contributed by atoms with E-state index < -0.39 is 12.1 Å². The molecule has 9 heteroatoms. The normalized spacial score (nSPS) is 14.5. The summed E-state index contributed by atoms with van der Waals surface area (Å²) in [4.78, 5) is 38.4. The summed E-state index contributed by atoms with van der Waals surface area (Å²) in [6, 6.07) is 14.9. The Balaban J connectivity index is 1.82. The van der Waals surface area contributed by atoms with Gasteiger partial charge in [-0.2, -0.15) is 0 Å². The predicted octanol–water partition coefficient (Wildman–Crippen LogP) is 4.30. The molecule has 0 unspecified atom stereocenters. The molecule has 0 saturated carbocycles. The maximum atomic E-state index is 13.5. The number of benzene rings is 2. The number of amides is 2. The van der Waals surface area contributed by atoms with E-state index in [1.54, 1.807) is 39.3 Å². The van der Waals surface area contributed by atoms with Crippen molar-refractivity contribution in [2.75, 3.05) is 32.0 Å². The van der Waals surface area contributed by atoms with Crippen molar-refractivity contribution in [3.8, 4) is 28.4 Å². The second-order valence-corrected chi connectivity index (χ2v) is 9.32. The Bertz CT molecular complexity index is 1440. The highest BCUT2D eigenvalue weighted by Crippen LogP contribution is 2.50. The van der Waals surface area contributed by atoms with Crippen LogP contribution in [0.5, 0.6) is 17.2 Å². The molecule has 3 N–H and O–H groups in total. The van der Waals surface area contributed by atoms with E-state index in [0.29, 0.717) is 46.9 Å². The first-order valence-electron chi connectivity index (χ1n) is 12.7. The zero-order valence-corrected chi connectivity index (χ0v) is 22.7. The van der Waals surface area contributed by atoms with Gasteiger partial charge in [-0.15, -0.1) is 0 Å². The van der Waals surface area contributed by atoms with Crippen LogP contribution < -0.4 is 35.6 Å². The molecule has 2 amide bonds. The number of carbonyl (C=O) groups excluding carboxylic acids is 2. The van der Waals surface area contributed by atoms with Crippen LogP contribution in [0.4, 0.5) is 11.4 Å². The summed E-state index contributed by atoms with van der Waals surface area (Å²) < 4.78 is 17.0. The molecule has 0 bridgehead atoms. The third-order valence-corrected chi connectivity index (χ3v) is 6.72. The lowest BCUT2D eigenvalue weighted by molar-refractivity contribution is -0.119. The van der Waals surface area contributed by atoms with Crippen LogP contribution in [0.25, 0.3) is 11.1 Å². The zero-order chi connectivity index (χ0) is 28.1. The maximum absolute atomic E-state index is 13.5. The molecule has 9 nitrogen and oxygen atoms in total. The molecule has 39 heavy (non-hydrogen) atoms. The molecular formula is C30H33N3O6. The first-order chi connectivity index (χ1) is 18.8. The summed E-state index contributed by atoms with van der Waals surface area (Å²) in [5.74, 6) is 0.940. The minimum Gasteiger partial charge on any atom is -0.493 e. The number of aryl methyl sites for hydroxylation is 1. The van der Waals surface area contributed by atoms with Gasteiger partial charge in [-0.1, -0.05) is 24.3 Å². The predicted molar refractivity (Wildman–Crippen MR) is 151 cm³/mol. The minimum absolute atomic E-state index is 0.206. The fraction of sp³-hybridized carbons (Fsp3) is 0.300. The molecule has 0 aromatic heterocycles. The summed E-state index contributed by atoms with van der Waals surface area (Å²) >= 11 is 0. The monoisotopic (exact) mass is 531 g/mol. The minimum atomic E-state index is -0.697. The lowest BCUT2D eigenvalue weighted by Crippen LogP contribution is -2.33. The summed E-state index contributed by atoms with van der Waals surface area (Å²) in [7, 11) is 4.65. The fourth-order valence-corrected chi connectivity index (χ4v) is 4.90. The Kier molecular flexibility index (Phi) is 8.39. The van der Waals surface area contributed by atoms with Crippen LogP contribution in [-0.4, -0.2) is 39.2 Å². The van der Waals surface area contributed by atoms with Crippen molar-refractivity contribution in [3.05, 3.63) is 75.9 Å². The number of para-hydroxylation sites is 1. The molecule has 4 rings (SSSR count). The first-order valence-corrected chi connectivity index (χ1v) is 12.7. The lowest BCUT2D eigenvalue weighted by Gasteiger charge is -2.19. The molecule has 0 fully saturated rings. The van der Waals surface area contributed by atoms with Gasteiger partial charge >= 0.3 is 0 Å². The van der Waals surface area contributed by atoms with Crippen molar-refractivity contribution >= 4 is 23.2 Å². The molecule has 1 aliphatic carbocycles. The van der Waals surface area contributed by atoms with Gasteiger partial charge < -0.3 is 30.2 Å². The van der Waals surface area contributed by atoms with Crippen LogP contribution >= 0.6 is 0 Å². The Morgan fingerprint density at radius 1 is 0.949 bits per heavy atom. The average molecular weight is 532 g/mol. The van der Waals surface area contributed by atoms with E-state index >= 15 is 0 Å². The van der Waals surface area contributed by atoms with Crippen LogP contribution in [0.3, 0.4) is 0 Å². The summed E-state index contributed by atoms with van der Waals surface area (Å²) in [5.41, 5.74) is 3.65. The molecule has 0 saturated heterocycles. The van der Waals surface area contributed by atoms with Crippen molar-refractivity contribution in [2.45, 2.75) is 38.8 Å².